The molecule has 3 nitrogen and oxygen atoms in total. The summed E-state index contributed by atoms with van der Waals surface area (Å²) in [6.07, 6.45) is -5.70. The number of hydrogen-bond donors (Lipinski definition) is 0. The lowest BCUT2D eigenvalue weighted by Gasteiger charge is -2.12. The first kappa shape index (κ1) is 15.3. The molecule has 1 aliphatic heterocycles. The van der Waals surface area contributed by atoms with Crippen LogP contribution in [-0.4, -0.2) is 11.8 Å². The molecule has 0 aliphatic carbocycles. The Bertz CT molecular complexity index is 766. The summed E-state index contributed by atoms with van der Waals surface area (Å²) in [4.78, 5) is 23.9. The van der Waals surface area contributed by atoms with Crippen LogP contribution in [0, 0.1) is 0 Å². The number of benzene rings is 2. The van der Waals surface area contributed by atoms with Gasteiger partial charge in [-0.1, -0.05) is 30.3 Å². The van der Waals surface area contributed by atoms with E-state index < -0.39 is 23.8 Å². The lowest BCUT2D eigenvalue weighted by Crippen LogP contribution is -2.09. The molecule has 0 spiro atoms. The fraction of sp³-hybridized carbons (Fsp3) is 0.176. The molecule has 0 N–H and O–H groups in total. The van der Waals surface area contributed by atoms with Crippen molar-refractivity contribution in [3.8, 4) is 0 Å². The number of ketones is 1. The number of fused-ring (bicyclic) bond motifs is 1. The largest absolute Gasteiger partial charge is 0.453 e. The van der Waals surface area contributed by atoms with Crippen molar-refractivity contribution in [3.63, 3.8) is 0 Å². The average Bonchev–Trinajstić information content (AvgIpc) is 2.83. The molecule has 0 amide bonds. The maximum Gasteiger partial charge on any atom is 0.416 e. The molecule has 6 heteroatoms. The number of alkyl halides is 3. The van der Waals surface area contributed by atoms with Crippen LogP contribution in [0.4, 0.5) is 13.2 Å². The molecular formula is C17H11F3O3. The van der Waals surface area contributed by atoms with E-state index in [1.54, 1.807) is 30.3 Å². The molecule has 2 aromatic rings. The molecule has 0 saturated carbocycles. The number of rotatable bonds is 3. The lowest BCUT2D eigenvalue weighted by molar-refractivity contribution is -0.137. The average molecular weight is 320 g/mol. The number of ether oxygens (including phenoxy) is 1. The summed E-state index contributed by atoms with van der Waals surface area (Å²) in [5.74, 6) is -1.01. The minimum absolute atomic E-state index is 0.0730. The van der Waals surface area contributed by atoms with Crippen molar-refractivity contribution in [2.24, 2.45) is 0 Å². The number of esters is 1. The van der Waals surface area contributed by atoms with E-state index in [0.29, 0.717) is 5.56 Å². The van der Waals surface area contributed by atoms with E-state index >= 15 is 0 Å². The molecule has 1 atom stereocenters. The Labute approximate surface area is 129 Å². The summed E-state index contributed by atoms with van der Waals surface area (Å²) in [6, 6.07) is 11.1. The molecule has 0 aromatic heterocycles. The Morgan fingerprint density at radius 1 is 1.09 bits per heavy atom. The summed E-state index contributed by atoms with van der Waals surface area (Å²) < 4.78 is 43.5. The Hall–Kier alpha value is -2.63. The van der Waals surface area contributed by atoms with Crippen LogP contribution in [0.2, 0.25) is 0 Å². The van der Waals surface area contributed by atoms with E-state index in [4.69, 9.17) is 4.74 Å². The maximum absolute atomic E-state index is 12.8. The van der Waals surface area contributed by atoms with Crippen molar-refractivity contribution in [2.75, 3.05) is 0 Å². The number of Topliss-reactive ketones (excluding diaryl/α,β-unsaturated/α-hetero) is 1. The van der Waals surface area contributed by atoms with Gasteiger partial charge in [0, 0.05) is 11.1 Å². The number of hydrogen-bond acceptors (Lipinski definition) is 3. The molecule has 0 bridgehead atoms. The Balaban J connectivity index is 1.90. The number of carbonyl (C=O) groups excluding carboxylic acids is 2. The second-order valence-electron chi connectivity index (χ2n) is 5.19. The van der Waals surface area contributed by atoms with Crippen LogP contribution in [0.5, 0.6) is 0 Å². The van der Waals surface area contributed by atoms with Crippen LogP contribution < -0.4 is 0 Å². The zero-order valence-corrected chi connectivity index (χ0v) is 11.8. The van der Waals surface area contributed by atoms with Crippen molar-refractivity contribution in [2.45, 2.75) is 18.7 Å². The highest BCUT2D eigenvalue weighted by Gasteiger charge is 2.37. The van der Waals surface area contributed by atoms with Gasteiger partial charge in [-0.3, -0.25) is 4.79 Å². The normalized spacial score (nSPS) is 16.8. The third-order valence-corrected chi connectivity index (χ3v) is 3.66. The SMILES string of the molecule is O=C(CC1OC(=O)c2ccc(C(F)(F)F)cc21)c1ccccc1. The van der Waals surface area contributed by atoms with Crippen LogP contribution in [0.25, 0.3) is 0 Å². The van der Waals surface area contributed by atoms with Gasteiger partial charge in [-0.25, -0.2) is 4.79 Å². The van der Waals surface area contributed by atoms with Gasteiger partial charge in [0.2, 0.25) is 0 Å². The maximum atomic E-state index is 12.8. The van der Waals surface area contributed by atoms with Crippen molar-refractivity contribution < 1.29 is 27.5 Å². The molecule has 118 valence electrons. The van der Waals surface area contributed by atoms with Crippen molar-refractivity contribution in [1.82, 2.24) is 0 Å². The topological polar surface area (TPSA) is 43.4 Å². The predicted octanol–water partition coefficient (Wildman–Crippen LogP) is 4.19. The summed E-state index contributed by atoms with van der Waals surface area (Å²) in [5.41, 5.74) is -0.270. The highest BCUT2D eigenvalue weighted by Crippen LogP contribution is 2.38. The van der Waals surface area contributed by atoms with E-state index in [2.05, 4.69) is 0 Å². The number of carbonyl (C=O) groups is 2. The van der Waals surface area contributed by atoms with Gasteiger partial charge in [-0.15, -0.1) is 0 Å². The highest BCUT2D eigenvalue weighted by molar-refractivity contribution is 5.99. The van der Waals surface area contributed by atoms with Gasteiger partial charge in [-0.05, 0) is 18.2 Å². The van der Waals surface area contributed by atoms with Gasteiger partial charge >= 0.3 is 12.1 Å². The van der Waals surface area contributed by atoms with Gasteiger partial charge in [0.1, 0.15) is 6.10 Å². The molecule has 0 radical (unpaired) electrons. The molecule has 3 rings (SSSR count). The summed E-state index contributed by atoms with van der Waals surface area (Å²) in [6.45, 7) is 0. The quantitative estimate of drug-likeness (QED) is 0.629. The molecule has 23 heavy (non-hydrogen) atoms. The van der Waals surface area contributed by atoms with Crippen LogP contribution in [0.3, 0.4) is 0 Å². The second kappa shape index (κ2) is 5.53. The minimum Gasteiger partial charge on any atom is -0.453 e. The molecule has 1 unspecified atom stereocenters. The Kier molecular flexibility index (Phi) is 3.67. The molecule has 1 aliphatic rings. The molecule has 0 saturated heterocycles. The van der Waals surface area contributed by atoms with Crippen LogP contribution in [0.1, 0.15) is 44.4 Å². The van der Waals surface area contributed by atoms with Crippen molar-refractivity contribution >= 4 is 11.8 Å². The van der Waals surface area contributed by atoms with Crippen LogP contribution in [0.15, 0.2) is 48.5 Å². The first-order valence-corrected chi connectivity index (χ1v) is 6.86. The molecule has 1 heterocycles. The fourth-order valence-electron chi connectivity index (χ4n) is 2.51. The zero-order valence-electron chi connectivity index (χ0n) is 11.8. The third kappa shape index (κ3) is 2.97. The molecular weight excluding hydrogens is 309 g/mol. The smallest absolute Gasteiger partial charge is 0.416 e. The van der Waals surface area contributed by atoms with Gasteiger partial charge < -0.3 is 4.74 Å². The molecule has 2 aromatic carbocycles. The van der Waals surface area contributed by atoms with Gasteiger partial charge in [0.25, 0.3) is 0 Å². The van der Waals surface area contributed by atoms with Gasteiger partial charge in [0.15, 0.2) is 5.78 Å². The van der Waals surface area contributed by atoms with Gasteiger partial charge in [0.05, 0.1) is 17.5 Å². The number of cyclic esters (lactones) is 1. The van der Waals surface area contributed by atoms with E-state index in [0.717, 1.165) is 18.2 Å². The van der Waals surface area contributed by atoms with E-state index in [9.17, 15) is 22.8 Å². The lowest BCUT2D eigenvalue weighted by atomic mass is 9.96. The summed E-state index contributed by atoms with van der Waals surface area (Å²) in [5, 5.41) is 0. The predicted molar refractivity (Wildman–Crippen MR) is 75.0 cm³/mol. The summed E-state index contributed by atoms with van der Waals surface area (Å²) in [7, 11) is 0. The van der Waals surface area contributed by atoms with Gasteiger partial charge in [-0.2, -0.15) is 13.2 Å². The van der Waals surface area contributed by atoms with E-state index in [-0.39, 0.29) is 23.3 Å². The minimum atomic E-state index is -4.52. The van der Waals surface area contributed by atoms with E-state index in [1.165, 1.54) is 0 Å². The highest BCUT2D eigenvalue weighted by atomic mass is 19.4. The number of halogens is 3. The Morgan fingerprint density at radius 2 is 1.78 bits per heavy atom. The standard InChI is InChI=1S/C17H11F3O3/c18-17(19,20)11-6-7-12-13(8-11)15(23-16(12)22)9-14(21)10-4-2-1-3-5-10/h1-8,15H,9H2. The fourth-order valence-corrected chi connectivity index (χ4v) is 2.51. The summed E-state index contributed by atoms with van der Waals surface area (Å²) >= 11 is 0. The van der Waals surface area contributed by atoms with Crippen LogP contribution >= 0.6 is 0 Å². The first-order valence-electron chi connectivity index (χ1n) is 6.86. The van der Waals surface area contributed by atoms with Crippen LogP contribution in [-0.2, 0) is 10.9 Å². The first-order chi connectivity index (χ1) is 10.9. The Morgan fingerprint density at radius 3 is 2.43 bits per heavy atom. The van der Waals surface area contributed by atoms with E-state index in [1.807, 2.05) is 0 Å². The van der Waals surface area contributed by atoms with Crippen molar-refractivity contribution in [3.05, 3.63) is 70.8 Å². The molecule has 0 fully saturated rings. The second-order valence-corrected chi connectivity index (χ2v) is 5.19. The van der Waals surface area contributed by atoms with Crippen molar-refractivity contribution in [1.29, 1.82) is 0 Å². The third-order valence-electron chi connectivity index (χ3n) is 3.66. The monoisotopic (exact) mass is 320 g/mol. The zero-order chi connectivity index (χ0) is 16.6.